The average Bonchev–Trinajstić information content (AvgIpc) is 3.24. The Hall–Kier alpha value is -2.14. The third-order valence-corrected chi connectivity index (χ3v) is 6.58. The molecule has 2 aliphatic rings. The van der Waals surface area contributed by atoms with Gasteiger partial charge in [-0.3, -0.25) is 9.69 Å². The number of amides is 1. The molecule has 0 radical (unpaired) electrons. The van der Waals surface area contributed by atoms with Gasteiger partial charge in [-0.15, -0.1) is 0 Å². The van der Waals surface area contributed by atoms with Gasteiger partial charge in [-0.05, 0) is 38.7 Å². The van der Waals surface area contributed by atoms with Crippen LogP contribution in [0, 0.1) is 0 Å². The van der Waals surface area contributed by atoms with Gasteiger partial charge in [0, 0.05) is 44.1 Å². The molecule has 4 rings (SSSR count). The third kappa shape index (κ3) is 3.29. The molecular weight excluding hydrogens is 336 g/mol. The van der Waals surface area contributed by atoms with E-state index in [1.807, 2.05) is 31.4 Å². The van der Waals surface area contributed by atoms with E-state index < -0.39 is 0 Å². The largest absolute Gasteiger partial charge is 0.339 e. The summed E-state index contributed by atoms with van der Waals surface area (Å²) in [6, 6.07) is 10.7. The number of carbonyl (C=O) groups excluding carboxylic acids is 1. The van der Waals surface area contributed by atoms with E-state index in [4.69, 9.17) is 0 Å². The van der Waals surface area contributed by atoms with Crippen molar-refractivity contribution >= 4 is 5.91 Å². The van der Waals surface area contributed by atoms with E-state index in [1.165, 1.54) is 0 Å². The Kier molecular flexibility index (Phi) is 4.81. The highest BCUT2D eigenvalue weighted by atomic mass is 16.2. The summed E-state index contributed by atoms with van der Waals surface area (Å²) in [6.07, 6.45) is 7.00. The maximum Gasteiger partial charge on any atom is 0.230 e. The van der Waals surface area contributed by atoms with E-state index in [0.29, 0.717) is 6.04 Å². The zero-order valence-corrected chi connectivity index (χ0v) is 16.6. The van der Waals surface area contributed by atoms with Crippen LogP contribution >= 0.6 is 0 Å². The molecule has 1 atom stereocenters. The molecule has 0 unspecified atom stereocenters. The maximum atomic E-state index is 12.9. The summed E-state index contributed by atoms with van der Waals surface area (Å²) in [5.41, 5.74) is 1.18. The summed E-state index contributed by atoms with van der Waals surface area (Å²) in [5.74, 6) is 1.44. The van der Waals surface area contributed by atoms with Gasteiger partial charge in [-0.25, -0.2) is 4.98 Å². The molecule has 2 saturated heterocycles. The van der Waals surface area contributed by atoms with Crippen LogP contribution in [0.25, 0.3) is 0 Å². The smallest absolute Gasteiger partial charge is 0.230 e. The fraction of sp³-hybridized carbons (Fsp3) is 0.545. The van der Waals surface area contributed by atoms with Crippen molar-refractivity contribution in [2.45, 2.75) is 57.2 Å². The second kappa shape index (κ2) is 7.12. The molecular formula is C22H30N4O. The van der Waals surface area contributed by atoms with E-state index in [9.17, 15) is 4.79 Å². The van der Waals surface area contributed by atoms with Crippen LogP contribution in [0.2, 0.25) is 0 Å². The lowest BCUT2D eigenvalue weighted by atomic mass is 9.81. The normalized spacial score (nSPS) is 22.9. The van der Waals surface area contributed by atoms with Gasteiger partial charge in [-0.1, -0.05) is 30.3 Å². The van der Waals surface area contributed by atoms with Crippen molar-refractivity contribution < 1.29 is 4.79 Å². The molecule has 144 valence electrons. The predicted octanol–water partition coefficient (Wildman–Crippen LogP) is 3.44. The van der Waals surface area contributed by atoms with Crippen LogP contribution in [0.4, 0.5) is 0 Å². The van der Waals surface area contributed by atoms with Gasteiger partial charge in [0.1, 0.15) is 5.82 Å². The number of piperidine rings is 1. The lowest BCUT2D eigenvalue weighted by molar-refractivity contribution is -0.131. The van der Waals surface area contributed by atoms with Crippen LogP contribution in [-0.4, -0.2) is 50.9 Å². The topological polar surface area (TPSA) is 41.4 Å². The number of carbonyl (C=O) groups is 1. The zero-order valence-electron chi connectivity index (χ0n) is 16.6. The number of hydrogen-bond acceptors (Lipinski definition) is 3. The number of rotatable bonds is 4. The highest BCUT2D eigenvalue weighted by molar-refractivity contribution is 5.87. The summed E-state index contributed by atoms with van der Waals surface area (Å²) in [5, 5.41) is 0. The SMILES string of the molecule is CC(C)n1ccnc1CN1CCC2(CC1)C[C@@H](c1ccccc1)C(=O)N2C. The monoisotopic (exact) mass is 366 g/mol. The van der Waals surface area contributed by atoms with Crippen LogP contribution in [0.15, 0.2) is 42.7 Å². The first-order chi connectivity index (χ1) is 13.0. The van der Waals surface area contributed by atoms with Crippen molar-refractivity contribution in [3.63, 3.8) is 0 Å². The highest BCUT2D eigenvalue weighted by Crippen LogP contribution is 2.44. The van der Waals surface area contributed by atoms with E-state index in [0.717, 1.165) is 50.3 Å². The van der Waals surface area contributed by atoms with E-state index in [2.05, 4.69) is 51.5 Å². The number of imidazole rings is 1. The molecule has 27 heavy (non-hydrogen) atoms. The minimum absolute atomic E-state index is 0.0154. The fourth-order valence-corrected chi connectivity index (χ4v) is 4.82. The van der Waals surface area contributed by atoms with Crippen LogP contribution < -0.4 is 0 Å². The molecule has 5 nitrogen and oxygen atoms in total. The van der Waals surface area contributed by atoms with Crippen molar-refractivity contribution in [1.82, 2.24) is 19.4 Å². The number of benzene rings is 1. The molecule has 0 saturated carbocycles. The molecule has 2 fully saturated rings. The minimum Gasteiger partial charge on any atom is -0.339 e. The molecule has 0 bridgehead atoms. The number of likely N-dealkylation sites (N-methyl/N-ethyl adjacent to an activating group) is 1. The summed E-state index contributed by atoms with van der Waals surface area (Å²) < 4.78 is 2.25. The molecule has 0 aliphatic carbocycles. The Balaban J connectivity index is 1.43. The maximum absolute atomic E-state index is 12.9. The van der Waals surface area contributed by atoms with E-state index in [1.54, 1.807) is 0 Å². The zero-order chi connectivity index (χ0) is 19.0. The van der Waals surface area contributed by atoms with E-state index in [-0.39, 0.29) is 17.4 Å². The average molecular weight is 367 g/mol. The number of nitrogens with zero attached hydrogens (tertiary/aromatic N) is 4. The van der Waals surface area contributed by atoms with Gasteiger partial charge in [0.25, 0.3) is 0 Å². The van der Waals surface area contributed by atoms with E-state index >= 15 is 0 Å². The quantitative estimate of drug-likeness (QED) is 0.832. The Morgan fingerprint density at radius 3 is 2.56 bits per heavy atom. The third-order valence-electron chi connectivity index (χ3n) is 6.58. The van der Waals surface area contributed by atoms with Crippen molar-refractivity contribution in [3.8, 4) is 0 Å². The van der Waals surface area contributed by atoms with Crippen molar-refractivity contribution in [3.05, 3.63) is 54.1 Å². The van der Waals surface area contributed by atoms with Gasteiger partial charge in [-0.2, -0.15) is 0 Å². The molecule has 5 heteroatoms. The number of hydrogen-bond donors (Lipinski definition) is 0. The Morgan fingerprint density at radius 2 is 1.89 bits per heavy atom. The second-order valence-corrected chi connectivity index (χ2v) is 8.41. The number of aromatic nitrogens is 2. The summed E-state index contributed by atoms with van der Waals surface area (Å²) >= 11 is 0. The first-order valence-electron chi connectivity index (χ1n) is 10.1. The summed E-state index contributed by atoms with van der Waals surface area (Å²) in [7, 11) is 2.01. The summed E-state index contributed by atoms with van der Waals surface area (Å²) in [4.78, 5) is 22.0. The van der Waals surface area contributed by atoms with Crippen molar-refractivity contribution in [2.75, 3.05) is 20.1 Å². The Labute approximate surface area is 162 Å². The Morgan fingerprint density at radius 1 is 1.19 bits per heavy atom. The first-order valence-corrected chi connectivity index (χ1v) is 10.1. The molecule has 2 aromatic rings. The first kappa shape index (κ1) is 18.2. The molecule has 1 amide bonds. The van der Waals surface area contributed by atoms with Crippen molar-refractivity contribution in [1.29, 1.82) is 0 Å². The second-order valence-electron chi connectivity index (χ2n) is 8.41. The molecule has 0 N–H and O–H groups in total. The molecule has 1 spiro atoms. The minimum atomic E-state index is 0.0154. The number of likely N-dealkylation sites (tertiary alicyclic amines) is 2. The lowest BCUT2D eigenvalue weighted by Gasteiger charge is -2.43. The van der Waals surface area contributed by atoms with Crippen LogP contribution in [0.1, 0.15) is 56.5 Å². The van der Waals surface area contributed by atoms with Gasteiger partial charge < -0.3 is 9.47 Å². The van der Waals surface area contributed by atoms with Crippen LogP contribution in [-0.2, 0) is 11.3 Å². The predicted molar refractivity (Wildman–Crippen MR) is 106 cm³/mol. The summed E-state index contributed by atoms with van der Waals surface area (Å²) in [6.45, 7) is 7.31. The van der Waals surface area contributed by atoms with Gasteiger partial charge in [0.15, 0.2) is 0 Å². The van der Waals surface area contributed by atoms with Crippen LogP contribution in [0.5, 0.6) is 0 Å². The van der Waals surface area contributed by atoms with Gasteiger partial charge >= 0.3 is 0 Å². The van der Waals surface area contributed by atoms with Crippen molar-refractivity contribution in [2.24, 2.45) is 0 Å². The van der Waals surface area contributed by atoms with Gasteiger partial charge in [0.2, 0.25) is 5.91 Å². The standard InChI is InChI=1S/C22H30N4O/c1-17(2)26-14-11-23-20(26)16-25-12-9-22(10-13-25)15-19(21(27)24(22)3)18-7-5-4-6-8-18/h4-8,11,14,17,19H,9-10,12-13,15-16H2,1-3H3/t19-/m0/s1. The molecule has 2 aliphatic heterocycles. The fourth-order valence-electron chi connectivity index (χ4n) is 4.82. The van der Waals surface area contributed by atoms with Crippen LogP contribution in [0.3, 0.4) is 0 Å². The molecule has 1 aromatic carbocycles. The molecule has 1 aromatic heterocycles. The lowest BCUT2D eigenvalue weighted by Crippen LogP contribution is -2.51. The highest BCUT2D eigenvalue weighted by Gasteiger charge is 2.50. The molecule has 3 heterocycles. The Bertz CT molecular complexity index is 790. The van der Waals surface area contributed by atoms with Gasteiger partial charge in [0.05, 0.1) is 12.5 Å².